The van der Waals surface area contributed by atoms with Crippen molar-refractivity contribution in [2.24, 2.45) is 5.41 Å². The number of anilines is 1. The summed E-state index contributed by atoms with van der Waals surface area (Å²) in [4.78, 5) is 0. The molecule has 1 N–H and O–H groups in total. The lowest BCUT2D eigenvalue weighted by atomic mass is 9.92. The second kappa shape index (κ2) is 5.04. The lowest BCUT2D eigenvalue weighted by Crippen LogP contribution is -2.24. The van der Waals surface area contributed by atoms with E-state index < -0.39 is 0 Å². The van der Waals surface area contributed by atoms with Gasteiger partial charge in [0.2, 0.25) is 0 Å². The highest BCUT2D eigenvalue weighted by atomic mass is 32.2. The summed E-state index contributed by atoms with van der Waals surface area (Å²) < 4.78 is 6.01. The van der Waals surface area contributed by atoms with Crippen LogP contribution >= 0.6 is 11.8 Å². The quantitative estimate of drug-likeness (QED) is 0.901. The summed E-state index contributed by atoms with van der Waals surface area (Å²) in [5.74, 6) is 3.53. The Morgan fingerprint density at radius 2 is 2.39 bits per heavy atom. The van der Waals surface area contributed by atoms with E-state index in [-0.39, 0.29) is 0 Å². The SMILES string of the molecule is CC1(COc2ccc3c(c2)NCCC3)CCSC1. The van der Waals surface area contributed by atoms with Gasteiger partial charge in [0.05, 0.1) is 6.61 Å². The van der Waals surface area contributed by atoms with Crippen molar-refractivity contribution < 1.29 is 4.74 Å². The Morgan fingerprint density at radius 1 is 1.44 bits per heavy atom. The molecule has 2 nitrogen and oxygen atoms in total. The highest BCUT2D eigenvalue weighted by Gasteiger charge is 2.30. The van der Waals surface area contributed by atoms with Gasteiger partial charge in [-0.2, -0.15) is 11.8 Å². The Hall–Kier alpha value is -0.830. The van der Waals surface area contributed by atoms with Gasteiger partial charge in [0.25, 0.3) is 0 Å². The summed E-state index contributed by atoms with van der Waals surface area (Å²) in [6.45, 7) is 4.27. The molecule has 1 unspecified atom stereocenters. The first-order valence-corrected chi connectivity index (χ1v) is 7.98. The fraction of sp³-hybridized carbons (Fsp3) is 0.600. The summed E-state index contributed by atoms with van der Waals surface area (Å²) in [7, 11) is 0. The molecule has 2 aliphatic heterocycles. The predicted molar refractivity (Wildman–Crippen MR) is 78.8 cm³/mol. The first-order chi connectivity index (χ1) is 8.75. The fourth-order valence-corrected chi connectivity index (χ4v) is 4.11. The topological polar surface area (TPSA) is 21.3 Å². The second-order valence-electron chi connectivity index (χ2n) is 5.75. The predicted octanol–water partition coefficient (Wildman–Crippen LogP) is 3.57. The van der Waals surface area contributed by atoms with E-state index in [0.717, 1.165) is 18.9 Å². The molecular weight excluding hydrogens is 242 g/mol. The molecule has 0 radical (unpaired) electrons. The van der Waals surface area contributed by atoms with Crippen molar-refractivity contribution in [3.63, 3.8) is 0 Å². The maximum atomic E-state index is 6.01. The van der Waals surface area contributed by atoms with E-state index in [1.165, 1.54) is 42.0 Å². The van der Waals surface area contributed by atoms with E-state index in [2.05, 4.69) is 30.4 Å². The molecule has 1 saturated heterocycles. The highest BCUT2D eigenvalue weighted by Crippen LogP contribution is 2.36. The van der Waals surface area contributed by atoms with Crippen LogP contribution in [0.3, 0.4) is 0 Å². The molecular formula is C15H21NOS. The lowest BCUT2D eigenvalue weighted by molar-refractivity contribution is 0.186. The van der Waals surface area contributed by atoms with Gasteiger partial charge < -0.3 is 10.1 Å². The summed E-state index contributed by atoms with van der Waals surface area (Å²) in [5, 5.41) is 3.46. The maximum absolute atomic E-state index is 6.01. The van der Waals surface area contributed by atoms with E-state index in [1.807, 2.05) is 11.8 Å². The molecule has 0 aromatic heterocycles. The Bertz CT molecular complexity index is 427. The summed E-state index contributed by atoms with van der Waals surface area (Å²) in [6, 6.07) is 6.50. The number of thioether (sulfide) groups is 1. The average Bonchev–Trinajstić information content (AvgIpc) is 2.84. The van der Waals surface area contributed by atoms with E-state index in [9.17, 15) is 0 Å². The maximum Gasteiger partial charge on any atom is 0.121 e. The molecule has 3 rings (SSSR count). The van der Waals surface area contributed by atoms with Gasteiger partial charge in [0.15, 0.2) is 0 Å². The molecule has 98 valence electrons. The first kappa shape index (κ1) is 12.2. The summed E-state index contributed by atoms with van der Waals surface area (Å²) in [5.41, 5.74) is 3.06. The first-order valence-electron chi connectivity index (χ1n) is 6.83. The van der Waals surface area contributed by atoms with E-state index >= 15 is 0 Å². The zero-order valence-electron chi connectivity index (χ0n) is 11.0. The Balaban J connectivity index is 1.66. The highest BCUT2D eigenvalue weighted by molar-refractivity contribution is 7.99. The molecule has 1 fully saturated rings. The molecule has 1 aromatic rings. The molecule has 0 saturated carbocycles. The number of rotatable bonds is 3. The van der Waals surface area contributed by atoms with Crippen molar-refractivity contribution in [2.75, 3.05) is 30.0 Å². The Kier molecular flexibility index (Phi) is 3.42. The van der Waals surface area contributed by atoms with Gasteiger partial charge in [-0.15, -0.1) is 0 Å². The number of benzene rings is 1. The van der Waals surface area contributed by atoms with E-state index in [1.54, 1.807) is 0 Å². The average molecular weight is 263 g/mol. The summed E-state index contributed by atoms with van der Waals surface area (Å²) in [6.07, 6.45) is 3.71. The van der Waals surface area contributed by atoms with Crippen molar-refractivity contribution in [1.82, 2.24) is 0 Å². The van der Waals surface area contributed by atoms with Crippen LogP contribution in [0.15, 0.2) is 18.2 Å². The van der Waals surface area contributed by atoms with Gasteiger partial charge in [0, 0.05) is 29.5 Å². The molecule has 0 aliphatic carbocycles. The van der Waals surface area contributed by atoms with Crippen LogP contribution in [-0.4, -0.2) is 24.7 Å². The Morgan fingerprint density at radius 3 is 3.22 bits per heavy atom. The van der Waals surface area contributed by atoms with Crippen LogP contribution in [0.1, 0.15) is 25.3 Å². The van der Waals surface area contributed by atoms with Crippen LogP contribution in [0.4, 0.5) is 5.69 Å². The summed E-state index contributed by atoms with van der Waals surface area (Å²) >= 11 is 2.05. The van der Waals surface area contributed by atoms with Crippen LogP contribution in [-0.2, 0) is 6.42 Å². The molecule has 18 heavy (non-hydrogen) atoms. The van der Waals surface area contributed by atoms with Crippen molar-refractivity contribution >= 4 is 17.4 Å². The van der Waals surface area contributed by atoms with Crippen molar-refractivity contribution in [3.8, 4) is 5.75 Å². The van der Waals surface area contributed by atoms with Crippen LogP contribution in [0.2, 0.25) is 0 Å². The van der Waals surface area contributed by atoms with E-state index in [4.69, 9.17) is 4.74 Å². The monoisotopic (exact) mass is 263 g/mol. The third-order valence-corrected chi connectivity index (χ3v) is 5.30. The minimum Gasteiger partial charge on any atom is -0.493 e. The fourth-order valence-electron chi connectivity index (χ4n) is 2.61. The molecule has 0 spiro atoms. The number of ether oxygens (including phenoxy) is 1. The number of aryl methyl sites for hydroxylation is 1. The van der Waals surface area contributed by atoms with Crippen molar-refractivity contribution in [2.45, 2.75) is 26.2 Å². The number of hydrogen-bond acceptors (Lipinski definition) is 3. The number of nitrogens with one attached hydrogen (secondary N) is 1. The van der Waals surface area contributed by atoms with Crippen LogP contribution in [0, 0.1) is 5.41 Å². The Labute approximate surface area is 113 Å². The van der Waals surface area contributed by atoms with Crippen LogP contribution < -0.4 is 10.1 Å². The molecule has 0 bridgehead atoms. The molecule has 1 atom stereocenters. The van der Waals surface area contributed by atoms with Crippen molar-refractivity contribution in [1.29, 1.82) is 0 Å². The van der Waals surface area contributed by atoms with Crippen LogP contribution in [0.25, 0.3) is 0 Å². The molecule has 1 aromatic carbocycles. The second-order valence-corrected chi connectivity index (χ2v) is 6.86. The molecule has 3 heteroatoms. The van der Waals surface area contributed by atoms with Gasteiger partial charge in [0.1, 0.15) is 5.75 Å². The van der Waals surface area contributed by atoms with Gasteiger partial charge in [-0.3, -0.25) is 0 Å². The third-order valence-electron chi connectivity index (χ3n) is 3.91. The van der Waals surface area contributed by atoms with Gasteiger partial charge in [-0.1, -0.05) is 13.0 Å². The number of fused-ring (bicyclic) bond motifs is 1. The normalized spacial score (nSPS) is 26.5. The molecule has 2 heterocycles. The molecule has 2 aliphatic rings. The third kappa shape index (κ3) is 2.61. The largest absolute Gasteiger partial charge is 0.493 e. The minimum absolute atomic E-state index is 0.369. The van der Waals surface area contributed by atoms with Crippen molar-refractivity contribution in [3.05, 3.63) is 23.8 Å². The molecule has 0 amide bonds. The standard InChI is InChI=1S/C15H21NOS/c1-15(6-8-18-11-15)10-17-13-5-4-12-3-2-7-16-14(12)9-13/h4-5,9,16H,2-3,6-8,10-11H2,1H3. The smallest absolute Gasteiger partial charge is 0.121 e. The lowest BCUT2D eigenvalue weighted by Gasteiger charge is -2.24. The van der Waals surface area contributed by atoms with Gasteiger partial charge >= 0.3 is 0 Å². The minimum atomic E-state index is 0.369. The van der Waals surface area contributed by atoms with Gasteiger partial charge in [-0.05, 0) is 36.6 Å². The zero-order valence-corrected chi connectivity index (χ0v) is 11.8. The zero-order chi connectivity index (χ0) is 12.4. The van der Waals surface area contributed by atoms with Gasteiger partial charge in [-0.25, -0.2) is 0 Å². The van der Waals surface area contributed by atoms with Crippen LogP contribution in [0.5, 0.6) is 5.75 Å². The number of hydrogen-bond donors (Lipinski definition) is 1. The van der Waals surface area contributed by atoms with E-state index in [0.29, 0.717) is 5.41 Å².